The summed E-state index contributed by atoms with van der Waals surface area (Å²) in [7, 11) is -3.89. The summed E-state index contributed by atoms with van der Waals surface area (Å²) in [6.07, 6.45) is 1.58. The lowest BCUT2D eigenvalue weighted by molar-refractivity contribution is 0.273. The second kappa shape index (κ2) is 6.55. The summed E-state index contributed by atoms with van der Waals surface area (Å²) in [5.41, 5.74) is 5.28. The second-order valence-electron chi connectivity index (χ2n) is 4.96. The fourth-order valence-corrected chi connectivity index (χ4v) is 3.93. The van der Waals surface area contributed by atoms with Crippen molar-refractivity contribution >= 4 is 31.8 Å². The third-order valence-electron chi connectivity index (χ3n) is 3.40. The van der Waals surface area contributed by atoms with Crippen LogP contribution in [-0.2, 0) is 10.2 Å². The van der Waals surface area contributed by atoms with Crippen molar-refractivity contribution in [3.8, 4) is 0 Å². The number of hydrogen-bond donors (Lipinski definition) is 2. The van der Waals surface area contributed by atoms with E-state index < -0.39 is 21.8 Å². The summed E-state index contributed by atoms with van der Waals surface area (Å²) < 4.78 is 54.7. The van der Waals surface area contributed by atoms with Crippen LogP contribution in [0.3, 0.4) is 0 Å². The molecule has 9 heteroatoms. The van der Waals surface area contributed by atoms with Crippen LogP contribution in [0.2, 0.25) is 0 Å². The molecule has 0 aliphatic carbocycles. The maximum absolute atomic E-state index is 13.6. The first-order valence-corrected chi connectivity index (χ1v) is 8.69. The lowest BCUT2D eigenvalue weighted by atomic mass is 10.0. The highest BCUT2D eigenvalue weighted by Crippen LogP contribution is 2.26. The van der Waals surface area contributed by atoms with Crippen LogP contribution in [0.25, 0.3) is 0 Å². The average molecular weight is 384 g/mol. The zero-order chi connectivity index (χ0) is 15.6. The molecule has 0 radical (unpaired) electrons. The first-order valence-electron chi connectivity index (χ1n) is 6.46. The maximum Gasteiger partial charge on any atom is 0.301 e. The van der Waals surface area contributed by atoms with Gasteiger partial charge in [0, 0.05) is 19.2 Å². The van der Waals surface area contributed by atoms with Gasteiger partial charge in [-0.1, -0.05) is 0 Å². The van der Waals surface area contributed by atoms with Gasteiger partial charge < -0.3 is 5.73 Å². The van der Waals surface area contributed by atoms with Crippen LogP contribution in [0.5, 0.6) is 0 Å². The highest BCUT2D eigenvalue weighted by atomic mass is 79.9. The number of benzene rings is 1. The Morgan fingerprint density at radius 3 is 2.76 bits per heavy atom. The van der Waals surface area contributed by atoms with E-state index in [2.05, 4.69) is 20.7 Å². The van der Waals surface area contributed by atoms with Crippen molar-refractivity contribution in [2.75, 3.05) is 24.4 Å². The molecule has 1 aromatic rings. The highest BCUT2D eigenvalue weighted by molar-refractivity contribution is 9.10. The van der Waals surface area contributed by atoms with E-state index in [0.29, 0.717) is 32.1 Å². The summed E-state index contributed by atoms with van der Waals surface area (Å²) in [4.78, 5) is 0. The molecule has 2 rings (SSSR count). The highest BCUT2D eigenvalue weighted by Gasteiger charge is 2.29. The largest absolute Gasteiger partial charge is 0.330 e. The minimum Gasteiger partial charge on any atom is -0.330 e. The van der Waals surface area contributed by atoms with E-state index in [1.807, 2.05) is 0 Å². The number of nitrogens with one attached hydrogen (secondary N) is 1. The van der Waals surface area contributed by atoms with Crippen molar-refractivity contribution in [3.05, 3.63) is 28.2 Å². The predicted octanol–water partition coefficient (Wildman–Crippen LogP) is 2.05. The molecule has 1 heterocycles. The van der Waals surface area contributed by atoms with Gasteiger partial charge in [0.1, 0.15) is 11.6 Å². The van der Waals surface area contributed by atoms with Crippen LogP contribution in [0, 0.1) is 17.6 Å². The number of nitrogens with two attached hydrogens (primary N) is 1. The van der Waals surface area contributed by atoms with E-state index >= 15 is 0 Å². The molecule has 0 bridgehead atoms. The molecule has 1 atom stereocenters. The standard InChI is InChI=1S/C12H16BrF2N3O2S/c13-9-4-12(11(15)5-10(9)14)17-21(19,20)18-3-1-2-8(6-16)7-18/h4-5,8,17H,1-3,6-7,16H2. The van der Waals surface area contributed by atoms with Gasteiger partial charge in [-0.15, -0.1) is 0 Å². The minimum absolute atomic E-state index is 0.0138. The number of halogens is 3. The summed E-state index contributed by atoms with van der Waals surface area (Å²) in [6.45, 7) is 1.06. The lowest BCUT2D eigenvalue weighted by Gasteiger charge is -2.31. The Bertz CT molecular complexity index is 627. The van der Waals surface area contributed by atoms with E-state index in [1.54, 1.807) is 0 Å². The van der Waals surface area contributed by atoms with Gasteiger partial charge in [-0.2, -0.15) is 12.7 Å². The fourth-order valence-electron chi connectivity index (χ4n) is 2.24. The van der Waals surface area contributed by atoms with Gasteiger partial charge in [0.05, 0.1) is 10.2 Å². The predicted molar refractivity (Wildman–Crippen MR) is 80.0 cm³/mol. The monoisotopic (exact) mass is 383 g/mol. The molecular formula is C12H16BrF2N3O2S. The molecule has 0 spiro atoms. The molecule has 1 saturated heterocycles. The van der Waals surface area contributed by atoms with Crippen LogP contribution < -0.4 is 10.5 Å². The zero-order valence-corrected chi connectivity index (χ0v) is 13.6. The van der Waals surface area contributed by atoms with Crippen LogP contribution >= 0.6 is 15.9 Å². The van der Waals surface area contributed by atoms with E-state index in [1.165, 1.54) is 4.31 Å². The van der Waals surface area contributed by atoms with Crippen LogP contribution in [0.15, 0.2) is 16.6 Å². The smallest absolute Gasteiger partial charge is 0.301 e. The molecule has 1 aliphatic heterocycles. The molecule has 0 amide bonds. The number of piperidine rings is 1. The number of nitrogens with zero attached hydrogens (tertiary/aromatic N) is 1. The molecule has 118 valence electrons. The SMILES string of the molecule is NCC1CCCN(S(=O)(=O)Nc2cc(Br)c(F)cc2F)C1. The average Bonchev–Trinajstić information content (AvgIpc) is 2.44. The molecule has 3 N–H and O–H groups in total. The molecule has 5 nitrogen and oxygen atoms in total. The Kier molecular flexibility index (Phi) is 5.18. The van der Waals surface area contributed by atoms with Gasteiger partial charge in [-0.25, -0.2) is 8.78 Å². The second-order valence-corrected chi connectivity index (χ2v) is 7.48. The Balaban J connectivity index is 2.19. The van der Waals surface area contributed by atoms with Gasteiger partial charge in [0.25, 0.3) is 0 Å². The Labute approximate surface area is 130 Å². The van der Waals surface area contributed by atoms with Gasteiger partial charge in [-0.05, 0) is 47.3 Å². The molecule has 1 aromatic carbocycles. The van der Waals surface area contributed by atoms with Crippen molar-refractivity contribution in [1.82, 2.24) is 4.31 Å². The molecule has 1 unspecified atom stereocenters. The maximum atomic E-state index is 13.6. The van der Waals surface area contributed by atoms with E-state index in [-0.39, 0.29) is 16.1 Å². The van der Waals surface area contributed by atoms with Gasteiger partial charge >= 0.3 is 10.2 Å². The first kappa shape index (κ1) is 16.6. The van der Waals surface area contributed by atoms with E-state index in [0.717, 1.165) is 12.5 Å². The topological polar surface area (TPSA) is 75.4 Å². The number of rotatable bonds is 4. The normalized spacial score (nSPS) is 20.5. The van der Waals surface area contributed by atoms with E-state index in [4.69, 9.17) is 5.73 Å². The van der Waals surface area contributed by atoms with Crippen LogP contribution in [-0.4, -0.2) is 32.4 Å². The third-order valence-corrected chi connectivity index (χ3v) is 5.50. The Morgan fingerprint density at radius 2 is 2.10 bits per heavy atom. The number of anilines is 1. The molecule has 0 aromatic heterocycles. The first-order chi connectivity index (χ1) is 9.83. The van der Waals surface area contributed by atoms with Crippen molar-refractivity contribution in [1.29, 1.82) is 0 Å². The van der Waals surface area contributed by atoms with Gasteiger partial charge in [0.2, 0.25) is 0 Å². The van der Waals surface area contributed by atoms with Gasteiger partial charge in [0.15, 0.2) is 0 Å². The lowest BCUT2D eigenvalue weighted by Crippen LogP contribution is -2.44. The van der Waals surface area contributed by atoms with Crippen molar-refractivity contribution in [3.63, 3.8) is 0 Å². The fraction of sp³-hybridized carbons (Fsp3) is 0.500. The minimum atomic E-state index is -3.89. The van der Waals surface area contributed by atoms with Gasteiger partial charge in [-0.3, -0.25) is 4.72 Å². The van der Waals surface area contributed by atoms with Crippen molar-refractivity contribution in [2.24, 2.45) is 11.7 Å². The molecular weight excluding hydrogens is 368 g/mol. The van der Waals surface area contributed by atoms with E-state index in [9.17, 15) is 17.2 Å². The van der Waals surface area contributed by atoms with Crippen molar-refractivity contribution in [2.45, 2.75) is 12.8 Å². The molecule has 1 fully saturated rings. The summed E-state index contributed by atoms with van der Waals surface area (Å²) in [5, 5.41) is 0. The summed E-state index contributed by atoms with van der Waals surface area (Å²) in [5.74, 6) is -1.66. The summed E-state index contributed by atoms with van der Waals surface area (Å²) in [6, 6.07) is 1.69. The quantitative estimate of drug-likeness (QED) is 0.781. The summed E-state index contributed by atoms with van der Waals surface area (Å²) >= 11 is 2.90. The Hall–Kier alpha value is -0.770. The third kappa shape index (κ3) is 3.91. The molecule has 1 aliphatic rings. The number of hydrogen-bond acceptors (Lipinski definition) is 3. The van der Waals surface area contributed by atoms with Crippen LogP contribution in [0.4, 0.5) is 14.5 Å². The Morgan fingerprint density at radius 1 is 1.38 bits per heavy atom. The van der Waals surface area contributed by atoms with Crippen LogP contribution in [0.1, 0.15) is 12.8 Å². The van der Waals surface area contributed by atoms with Crippen molar-refractivity contribution < 1.29 is 17.2 Å². The zero-order valence-electron chi connectivity index (χ0n) is 11.2. The molecule has 0 saturated carbocycles. The molecule has 21 heavy (non-hydrogen) atoms.